The number of rotatable bonds is 4. The maximum absolute atomic E-state index is 13.8. The van der Waals surface area contributed by atoms with Gasteiger partial charge in [0.2, 0.25) is 5.91 Å². The number of hydrogen-bond acceptors (Lipinski definition) is 2. The first-order chi connectivity index (χ1) is 11.9. The number of anilines is 1. The summed E-state index contributed by atoms with van der Waals surface area (Å²) in [7, 11) is 0. The Morgan fingerprint density at radius 1 is 1.28 bits per heavy atom. The smallest absolute Gasteiger partial charge is 0.225 e. The van der Waals surface area contributed by atoms with Gasteiger partial charge < -0.3 is 9.80 Å². The molecule has 3 rings (SSSR count). The Morgan fingerprint density at radius 2 is 2.00 bits per heavy atom. The molecule has 2 fully saturated rings. The number of carbonyl (C=O) groups is 1. The van der Waals surface area contributed by atoms with E-state index in [1.807, 2.05) is 6.07 Å². The number of halogens is 1. The average Bonchev–Trinajstić information content (AvgIpc) is 2.85. The molecule has 0 radical (unpaired) electrons. The molecule has 2 atom stereocenters. The van der Waals surface area contributed by atoms with Gasteiger partial charge in [-0.2, -0.15) is 0 Å². The first-order valence-corrected chi connectivity index (χ1v) is 9.74. The molecule has 25 heavy (non-hydrogen) atoms. The van der Waals surface area contributed by atoms with Gasteiger partial charge in [0, 0.05) is 23.7 Å². The SMILES string of the molecule is CCC(CC)C(=O)N1CCC[C@H]2[C@@H]1CC(C)(C)N2c1cccc(F)c1. The quantitative estimate of drug-likeness (QED) is 0.795. The summed E-state index contributed by atoms with van der Waals surface area (Å²) in [6, 6.07) is 7.42. The summed E-state index contributed by atoms with van der Waals surface area (Å²) in [5.41, 5.74) is 0.856. The highest BCUT2D eigenvalue weighted by Gasteiger charge is 2.51. The third-order valence-electron chi connectivity index (χ3n) is 6.14. The molecular weight excluding hydrogens is 315 g/mol. The van der Waals surface area contributed by atoms with Gasteiger partial charge in [0.05, 0.1) is 12.1 Å². The summed E-state index contributed by atoms with van der Waals surface area (Å²) in [6.07, 6.45) is 4.84. The van der Waals surface area contributed by atoms with Gasteiger partial charge in [-0.1, -0.05) is 19.9 Å². The molecule has 1 amide bonds. The third kappa shape index (κ3) is 3.28. The molecule has 3 nitrogen and oxygen atoms in total. The van der Waals surface area contributed by atoms with Crippen molar-refractivity contribution < 1.29 is 9.18 Å². The van der Waals surface area contributed by atoms with Crippen LogP contribution in [0.25, 0.3) is 0 Å². The summed E-state index contributed by atoms with van der Waals surface area (Å²) < 4.78 is 13.8. The second kappa shape index (κ2) is 6.97. The second-order valence-corrected chi connectivity index (χ2v) is 8.19. The fourth-order valence-electron chi connectivity index (χ4n) is 4.96. The van der Waals surface area contributed by atoms with Crippen molar-refractivity contribution >= 4 is 11.6 Å². The van der Waals surface area contributed by atoms with Crippen molar-refractivity contribution in [1.29, 1.82) is 0 Å². The van der Waals surface area contributed by atoms with Crippen molar-refractivity contribution in [3.63, 3.8) is 0 Å². The summed E-state index contributed by atoms with van der Waals surface area (Å²) in [4.78, 5) is 17.6. The van der Waals surface area contributed by atoms with Crippen LogP contribution in [0.15, 0.2) is 24.3 Å². The summed E-state index contributed by atoms with van der Waals surface area (Å²) in [5, 5.41) is 0. The Morgan fingerprint density at radius 3 is 2.64 bits per heavy atom. The van der Waals surface area contributed by atoms with Crippen LogP contribution in [-0.2, 0) is 4.79 Å². The van der Waals surface area contributed by atoms with Gasteiger partial charge in [-0.25, -0.2) is 4.39 Å². The molecule has 2 heterocycles. The minimum atomic E-state index is -0.197. The van der Waals surface area contributed by atoms with Crippen LogP contribution in [0.5, 0.6) is 0 Å². The summed E-state index contributed by atoms with van der Waals surface area (Å²) in [6.45, 7) is 9.51. The van der Waals surface area contributed by atoms with E-state index in [9.17, 15) is 9.18 Å². The predicted octanol–water partition coefficient (Wildman–Crippen LogP) is 4.61. The van der Waals surface area contributed by atoms with E-state index in [0.717, 1.165) is 44.3 Å². The fourth-order valence-corrected chi connectivity index (χ4v) is 4.96. The van der Waals surface area contributed by atoms with Gasteiger partial charge in [-0.05, 0) is 64.2 Å². The average molecular weight is 346 g/mol. The zero-order valence-electron chi connectivity index (χ0n) is 16.0. The number of amides is 1. The van der Waals surface area contributed by atoms with Crippen LogP contribution in [0.3, 0.4) is 0 Å². The van der Waals surface area contributed by atoms with Gasteiger partial charge in [0.15, 0.2) is 0 Å². The van der Waals surface area contributed by atoms with Crippen molar-refractivity contribution in [2.45, 2.75) is 77.4 Å². The molecule has 0 spiro atoms. The Labute approximate surface area is 151 Å². The molecule has 1 aromatic carbocycles. The molecule has 1 aromatic rings. The van der Waals surface area contributed by atoms with E-state index in [1.165, 1.54) is 6.07 Å². The van der Waals surface area contributed by atoms with Crippen LogP contribution in [0.1, 0.15) is 59.8 Å². The number of benzene rings is 1. The van der Waals surface area contributed by atoms with Crippen molar-refractivity contribution in [2.75, 3.05) is 11.4 Å². The number of carbonyl (C=O) groups excluding carboxylic acids is 1. The number of piperidine rings is 1. The van der Waals surface area contributed by atoms with Gasteiger partial charge in [-0.15, -0.1) is 0 Å². The molecule has 0 aromatic heterocycles. The van der Waals surface area contributed by atoms with Gasteiger partial charge in [0.25, 0.3) is 0 Å². The van der Waals surface area contributed by atoms with Crippen LogP contribution < -0.4 is 4.90 Å². The minimum absolute atomic E-state index is 0.0834. The van der Waals surface area contributed by atoms with Crippen LogP contribution in [0.4, 0.5) is 10.1 Å². The summed E-state index contributed by atoms with van der Waals surface area (Å²) in [5.74, 6) is 0.249. The second-order valence-electron chi connectivity index (χ2n) is 8.19. The molecule has 0 N–H and O–H groups in total. The molecule has 0 bridgehead atoms. The van der Waals surface area contributed by atoms with E-state index in [1.54, 1.807) is 12.1 Å². The zero-order chi connectivity index (χ0) is 18.2. The first kappa shape index (κ1) is 18.2. The Hall–Kier alpha value is -1.58. The van der Waals surface area contributed by atoms with E-state index >= 15 is 0 Å². The van der Waals surface area contributed by atoms with E-state index in [4.69, 9.17) is 0 Å². The highest BCUT2D eigenvalue weighted by Crippen LogP contribution is 2.44. The van der Waals surface area contributed by atoms with Crippen molar-refractivity contribution in [3.05, 3.63) is 30.1 Å². The molecule has 0 saturated carbocycles. The lowest BCUT2D eigenvalue weighted by Crippen LogP contribution is -2.54. The monoisotopic (exact) mass is 346 g/mol. The zero-order valence-corrected chi connectivity index (χ0v) is 16.0. The summed E-state index contributed by atoms with van der Waals surface area (Å²) >= 11 is 0. The van der Waals surface area contributed by atoms with Crippen LogP contribution in [0.2, 0.25) is 0 Å². The molecule has 2 saturated heterocycles. The normalized spacial score (nSPS) is 25.4. The maximum atomic E-state index is 13.8. The number of fused-ring (bicyclic) bond motifs is 1. The molecule has 0 unspecified atom stereocenters. The van der Waals surface area contributed by atoms with E-state index in [-0.39, 0.29) is 29.4 Å². The van der Waals surface area contributed by atoms with Crippen LogP contribution >= 0.6 is 0 Å². The number of hydrogen-bond donors (Lipinski definition) is 0. The van der Waals surface area contributed by atoms with E-state index in [2.05, 4.69) is 37.5 Å². The van der Waals surface area contributed by atoms with E-state index in [0.29, 0.717) is 5.91 Å². The highest BCUT2D eigenvalue weighted by atomic mass is 19.1. The maximum Gasteiger partial charge on any atom is 0.225 e. The number of likely N-dealkylation sites (tertiary alicyclic amines) is 1. The minimum Gasteiger partial charge on any atom is -0.361 e. The third-order valence-corrected chi connectivity index (χ3v) is 6.14. The van der Waals surface area contributed by atoms with Gasteiger partial charge >= 0.3 is 0 Å². The number of nitrogens with zero attached hydrogens (tertiary/aromatic N) is 2. The standard InChI is InChI=1S/C21H31FN2O/c1-5-15(6-2)20(25)23-12-8-11-18-19(23)14-21(3,4)24(18)17-10-7-9-16(22)13-17/h7,9-10,13,15,18-19H,5-6,8,11-12,14H2,1-4H3/t18-,19-/m0/s1. The van der Waals surface area contributed by atoms with Crippen molar-refractivity contribution in [2.24, 2.45) is 5.92 Å². The predicted molar refractivity (Wildman–Crippen MR) is 100 cm³/mol. The molecule has 2 aliphatic heterocycles. The van der Waals surface area contributed by atoms with Crippen LogP contribution in [0, 0.1) is 11.7 Å². The molecular formula is C21H31FN2O. The topological polar surface area (TPSA) is 23.6 Å². The lowest BCUT2D eigenvalue weighted by molar-refractivity contribution is -0.139. The van der Waals surface area contributed by atoms with Gasteiger partial charge in [-0.3, -0.25) is 4.79 Å². The largest absolute Gasteiger partial charge is 0.361 e. The van der Waals surface area contributed by atoms with Gasteiger partial charge in [0.1, 0.15) is 5.82 Å². The Bertz CT molecular complexity index is 626. The molecule has 4 heteroatoms. The van der Waals surface area contributed by atoms with Crippen molar-refractivity contribution in [3.8, 4) is 0 Å². The highest BCUT2D eigenvalue weighted by molar-refractivity contribution is 5.79. The molecule has 138 valence electrons. The van der Waals surface area contributed by atoms with Crippen LogP contribution in [-0.4, -0.2) is 35.0 Å². The first-order valence-electron chi connectivity index (χ1n) is 9.74. The lowest BCUT2D eigenvalue weighted by atomic mass is 9.91. The van der Waals surface area contributed by atoms with Crippen molar-refractivity contribution in [1.82, 2.24) is 4.90 Å². The van der Waals surface area contributed by atoms with E-state index < -0.39 is 0 Å². The molecule has 0 aliphatic carbocycles. The Kier molecular flexibility index (Phi) is 5.08. The Balaban J connectivity index is 1.91. The fraction of sp³-hybridized carbons (Fsp3) is 0.667. The molecule has 2 aliphatic rings. The lowest BCUT2D eigenvalue weighted by Gasteiger charge is -2.43.